The first-order chi connectivity index (χ1) is 23.4. The zero-order valence-corrected chi connectivity index (χ0v) is 29.2. The number of ether oxygens (including phenoxy) is 2. The maximum absolute atomic E-state index is 15.1. The molecule has 260 valence electrons. The van der Waals surface area contributed by atoms with Gasteiger partial charge in [-0.15, -0.1) is 0 Å². The second-order valence-electron chi connectivity index (χ2n) is 13.8. The van der Waals surface area contributed by atoms with Crippen LogP contribution < -0.4 is 4.90 Å². The Morgan fingerprint density at radius 1 is 1.02 bits per heavy atom. The van der Waals surface area contributed by atoms with E-state index in [2.05, 4.69) is 0 Å². The van der Waals surface area contributed by atoms with Gasteiger partial charge < -0.3 is 29.3 Å². The molecule has 1 spiro atoms. The van der Waals surface area contributed by atoms with Crippen LogP contribution in [0.15, 0.2) is 72.8 Å². The number of aryl methyl sites for hydroxylation is 1. The molecule has 2 fully saturated rings. The summed E-state index contributed by atoms with van der Waals surface area (Å²) in [6, 6.07) is 12.1. The van der Waals surface area contributed by atoms with E-state index < -0.39 is 72.2 Å². The highest BCUT2D eigenvalue weighted by Crippen LogP contribution is 2.57. The van der Waals surface area contributed by atoms with Crippen molar-refractivity contribution >= 4 is 41.0 Å². The van der Waals surface area contributed by atoms with E-state index in [1.165, 1.54) is 4.90 Å². The largest absolute Gasteiger partial charge is 0.455 e. The molecule has 2 aromatic rings. The lowest BCUT2D eigenvalue weighted by atomic mass is 9.74. The molecule has 0 aliphatic carbocycles. The topological polar surface area (TPSA) is 117 Å². The first-order valence-electron chi connectivity index (χ1n) is 17.0. The highest BCUT2D eigenvalue weighted by Gasteiger charge is 2.74. The van der Waals surface area contributed by atoms with Crippen LogP contribution >= 0.6 is 11.6 Å². The van der Waals surface area contributed by atoms with Crippen LogP contribution in [-0.4, -0.2) is 88.6 Å². The lowest BCUT2D eigenvalue weighted by Crippen LogP contribution is -2.59. The number of amides is 3. The summed E-state index contributed by atoms with van der Waals surface area (Å²) in [5, 5.41) is 11.0. The van der Waals surface area contributed by atoms with E-state index in [0.29, 0.717) is 22.7 Å². The number of esters is 1. The number of likely N-dealkylation sites (N-methyl/N-ethyl adjacent to an activating group) is 1. The molecule has 3 amide bonds. The Bertz CT molecular complexity index is 1660. The Morgan fingerprint density at radius 2 is 1.76 bits per heavy atom. The van der Waals surface area contributed by atoms with E-state index in [9.17, 15) is 19.5 Å². The highest BCUT2D eigenvalue weighted by molar-refractivity contribution is 6.34. The standard InChI is InChI=1S/C38H44ClN3O7/c1-22(2)27(21-43)42-34-36(46)41(32-23(3)13-12-16-26(32)39)20-11-7-10-17-29(44)40(5)24(4)33(25-14-8-6-9-15-25)48-37(47)30-28-18-19-38(34,49-28)31(30)35(42)45/h6-9,11-16,18-19,22,24,27-28,30-31,33-34,43H,10,17,20-21H2,1-5H3/b11-7-/t24-,27-,28+,30-,31-,33+,34+,38-/m0/s1. The van der Waals surface area contributed by atoms with E-state index in [1.807, 2.05) is 76.2 Å². The van der Waals surface area contributed by atoms with Crippen LogP contribution in [0, 0.1) is 24.7 Å². The summed E-state index contributed by atoms with van der Waals surface area (Å²) in [6.07, 6.45) is 6.12. The van der Waals surface area contributed by atoms with Gasteiger partial charge in [0.2, 0.25) is 11.8 Å². The number of carbonyl (C=O) groups excluding carboxylic acids is 4. The molecule has 4 aliphatic rings. The monoisotopic (exact) mass is 689 g/mol. The maximum atomic E-state index is 15.1. The molecule has 1 N–H and O–H groups in total. The van der Waals surface area contributed by atoms with E-state index in [-0.39, 0.29) is 24.8 Å². The number of benzene rings is 2. The van der Waals surface area contributed by atoms with Crippen molar-refractivity contribution in [2.24, 2.45) is 17.8 Å². The third-order valence-electron chi connectivity index (χ3n) is 10.6. The van der Waals surface area contributed by atoms with Crippen molar-refractivity contribution in [3.05, 3.63) is 89.0 Å². The van der Waals surface area contributed by atoms with Gasteiger partial charge in [0.05, 0.1) is 41.4 Å². The predicted molar refractivity (Wildman–Crippen MR) is 184 cm³/mol. The fourth-order valence-corrected chi connectivity index (χ4v) is 8.26. The van der Waals surface area contributed by atoms with Crippen LogP contribution in [0.5, 0.6) is 0 Å². The van der Waals surface area contributed by atoms with Gasteiger partial charge in [0.25, 0.3) is 5.91 Å². The number of rotatable bonds is 5. The number of likely N-dealkylation sites (tertiary alicyclic amines) is 1. The number of carbonyl (C=O) groups is 4. The first kappa shape index (κ1) is 34.9. The van der Waals surface area contributed by atoms with Crippen molar-refractivity contribution in [1.82, 2.24) is 9.80 Å². The van der Waals surface area contributed by atoms with Gasteiger partial charge in [-0.1, -0.05) is 92.2 Å². The number of aliphatic hydroxyl groups excluding tert-OH is 1. The Balaban J connectivity index is 1.51. The average molecular weight is 690 g/mol. The zero-order chi connectivity index (χ0) is 35.2. The second kappa shape index (κ2) is 13.7. The molecule has 2 aromatic carbocycles. The SMILES string of the molecule is Cc1cccc(Cl)c1N1C/C=C\CCC(=O)N(C)[C@@H](C)[C@H](c2ccccc2)OC(=O)[C@@H]2[C@H]3C(=O)N([C@@H](CO)C(C)C)[C@H](C1=O)[C@]31C=C[C@H]2O1. The van der Waals surface area contributed by atoms with Gasteiger partial charge in [-0.3, -0.25) is 19.2 Å². The molecule has 11 heteroatoms. The molecule has 0 aromatic heterocycles. The smallest absolute Gasteiger partial charge is 0.313 e. The minimum absolute atomic E-state index is 0.100. The fraction of sp³-hybridized carbons (Fsp3) is 0.474. The molecule has 49 heavy (non-hydrogen) atoms. The molecule has 4 aliphatic heterocycles. The number of anilines is 1. The van der Waals surface area contributed by atoms with Gasteiger partial charge in [-0.05, 0) is 43.4 Å². The Labute approximate surface area is 292 Å². The molecule has 2 saturated heterocycles. The third-order valence-corrected chi connectivity index (χ3v) is 11.0. The van der Waals surface area contributed by atoms with Crippen molar-refractivity contribution in [2.75, 3.05) is 25.1 Å². The molecule has 4 heterocycles. The van der Waals surface area contributed by atoms with E-state index in [1.54, 1.807) is 41.1 Å². The van der Waals surface area contributed by atoms with Crippen LogP contribution in [-0.2, 0) is 28.7 Å². The molecule has 0 radical (unpaired) electrons. The normalized spacial score (nSPS) is 31.8. The Hall–Kier alpha value is -3.99. The van der Waals surface area contributed by atoms with Crippen LogP contribution in [0.4, 0.5) is 5.69 Å². The molecule has 0 unspecified atom stereocenters. The maximum Gasteiger partial charge on any atom is 0.313 e. The number of aliphatic hydroxyl groups is 1. The summed E-state index contributed by atoms with van der Waals surface area (Å²) >= 11 is 6.76. The molecule has 0 saturated carbocycles. The number of halogens is 1. The molecule has 6 rings (SSSR count). The van der Waals surface area contributed by atoms with Crippen LogP contribution in [0.1, 0.15) is 50.8 Å². The molecule has 10 nitrogen and oxygen atoms in total. The lowest BCUT2D eigenvalue weighted by molar-refractivity contribution is -0.164. The molecular formula is C38H44ClN3O7. The van der Waals surface area contributed by atoms with Gasteiger partial charge >= 0.3 is 5.97 Å². The van der Waals surface area contributed by atoms with Gasteiger partial charge in [-0.2, -0.15) is 0 Å². The number of nitrogens with zero attached hydrogens (tertiary/aromatic N) is 3. The highest BCUT2D eigenvalue weighted by atomic mass is 35.5. The number of hydrogen-bond donors (Lipinski definition) is 1. The van der Waals surface area contributed by atoms with E-state index >= 15 is 4.79 Å². The quantitative estimate of drug-likeness (QED) is 0.360. The summed E-state index contributed by atoms with van der Waals surface area (Å²) in [5.74, 6) is -4.06. The Kier molecular flexibility index (Phi) is 9.77. The van der Waals surface area contributed by atoms with Crippen molar-refractivity contribution < 1.29 is 33.8 Å². The average Bonchev–Trinajstić information content (AvgIpc) is 3.72. The van der Waals surface area contributed by atoms with E-state index in [0.717, 1.165) is 5.56 Å². The van der Waals surface area contributed by atoms with Gasteiger partial charge in [0.1, 0.15) is 23.7 Å². The van der Waals surface area contributed by atoms with Crippen molar-refractivity contribution in [1.29, 1.82) is 0 Å². The van der Waals surface area contributed by atoms with Gasteiger partial charge in [0.15, 0.2) is 0 Å². The summed E-state index contributed by atoms with van der Waals surface area (Å²) < 4.78 is 12.9. The number of para-hydroxylation sites is 1. The van der Waals surface area contributed by atoms with Gasteiger partial charge in [-0.25, -0.2) is 0 Å². The summed E-state index contributed by atoms with van der Waals surface area (Å²) in [4.78, 5) is 62.3. The molecule has 5 bridgehead atoms. The minimum Gasteiger partial charge on any atom is -0.455 e. The van der Waals surface area contributed by atoms with Gasteiger partial charge in [0, 0.05) is 20.0 Å². The second-order valence-corrected chi connectivity index (χ2v) is 14.2. The number of allylic oxidation sites excluding steroid dienone is 1. The lowest BCUT2D eigenvalue weighted by Gasteiger charge is -2.40. The Morgan fingerprint density at radius 3 is 2.43 bits per heavy atom. The van der Waals surface area contributed by atoms with Crippen molar-refractivity contribution in [3.63, 3.8) is 0 Å². The van der Waals surface area contributed by atoms with Crippen LogP contribution in [0.2, 0.25) is 5.02 Å². The minimum atomic E-state index is -1.49. The van der Waals surface area contributed by atoms with Crippen LogP contribution in [0.3, 0.4) is 0 Å². The summed E-state index contributed by atoms with van der Waals surface area (Å²) in [7, 11) is 1.69. The van der Waals surface area contributed by atoms with Crippen LogP contribution in [0.25, 0.3) is 0 Å². The first-order valence-corrected chi connectivity index (χ1v) is 17.3. The number of fused-ring (bicyclic) bond motifs is 2. The third kappa shape index (κ3) is 5.87. The van der Waals surface area contributed by atoms with E-state index in [4.69, 9.17) is 21.1 Å². The fourth-order valence-electron chi connectivity index (χ4n) is 7.94. The van der Waals surface area contributed by atoms with Crippen molar-refractivity contribution in [3.8, 4) is 0 Å². The van der Waals surface area contributed by atoms with Crippen molar-refractivity contribution in [2.45, 2.75) is 76.5 Å². The molecule has 8 atom stereocenters. The summed E-state index contributed by atoms with van der Waals surface area (Å²) in [6.45, 7) is 7.15. The summed E-state index contributed by atoms with van der Waals surface area (Å²) in [5.41, 5.74) is 0.445. The zero-order valence-electron chi connectivity index (χ0n) is 28.5. The molecular weight excluding hydrogens is 646 g/mol. The number of cyclic esters (lactones) is 1. The number of hydrogen-bond acceptors (Lipinski definition) is 7. The predicted octanol–water partition coefficient (Wildman–Crippen LogP) is 4.63.